The third-order valence-electron chi connectivity index (χ3n) is 1.75. The molecule has 2 rings (SSSR count). The minimum atomic E-state index is -0.321. The van der Waals surface area contributed by atoms with Gasteiger partial charge in [0.05, 0.1) is 12.6 Å². The first-order valence-electron chi connectivity index (χ1n) is 3.95. The summed E-state index contributed by atoms with van der Waals surface area (Å²) in [6.07, 6.45) is 0. The van der Waals surface area contributed by atoms with Gasteiger partial charge in [-0.3, -0.25) is 19.8 Å². The van der Waals surface area contributed by atoms with Crippen molar-refractivity contribution in [2.45, 2.75) is 13.0 Å². The number of nitrogens with one attached hydrogen (secondary N) is 1. The number of hydrogen-bond acceptors (Lipinski definition) is 5. The minimum Gasteiger partial charge on any atom is -0.369 e. The summed E-state index contributed by atoms with van der Waals surface area (Å²) in [4.78, 5) is 25.8. The number of H-pyrrole nitrogens is 1. The number of hydrogen-bond donors (Lipinski definition) is 2. The van der Waals surface area contributed by atoms with Crippen LogP contribution in [0.25, 0.3) is 0 Å². The highest BCUT2D eigenvalue weighted by Gasteiger charge is 2.07. The van der Waals surface area contributed by atoms with E-state index in [2.05, 4.69) is 20.0 Å². The number of aromatic nitrogens is 2. The summed E-state index contributed by atoms with van der Waals surface area (Å²) in [7, 11) is 0. The van der Waals surface area contributed by atoms with Gasteiger partial charge >= 0.3 is 0 Å². The lowest BCUT2D eigenvalue weighted by Gasteiger charge is -2.05. The largest absolute Gasteiger partial charge is 0.369 e. The third kappa shape index (κ3) is 1.30. The molecule has 0 aliphatic carbocycles. The van der Waals surface area contributed by atoms with Gasteiger partial charge in [-0.15, -0.1) is 0 Å². The average molecular weight is 179 g/mol. The summed E-state index contributed by atoms with van der Waals surface area (Å²) in [5.74, 6) is 0.0808. The van der Waals surface area contributed by atoms with E-state index in [-0.39, 0.29) is 22.9 Å². The number of anilines is 1. The van der Waals surface area contributed by atoms with Gasteiger partial charge in [0.1, 0.15) is 0 Å². The Hall–Kier alpha value is -1.72. The van der Waals surface area contributed by atoms with Crippen molar-refractivity contribution in [2.75, 3.05) is 12.3 Å². The van der Waals surface area contributed by atoms with Crippen LogP contribution in [0, 0.1) is 0 Å². The molecule has 0 saturated heterocycles. The lowest BCUT2D eigenvalue weighted by Crippen LogP contribution is -2.47. The molecule has 1 aliphatic heterocycles. The van der Waals surface area contributed by atoms with E-state index < -0.39 is 0 Å². The zero-order valence-electron chi connectivity index (χ0n) is 7.11. The topological polar surface area (TPSA) is 96.5 Å². The molecule has 1 aromatic heterocycles. The van der Waals surface area contributed by atoms with Crippen molar-refractivity contribution in [3.63, 3.8) is 0 Å². The second-order valence-corrected chi connectivity index (χ2v) is 2.94. The molecule has 3 N–H and O–H groups in total. The summed E-state index contributed by atoms with van der Waals surface area (Å²) in [5, 5.41) is 0.285. The number of aromatic amines is 1. The van der Waals surface area contributed by atoms with E-state index in [1.165, 1.54) is 0 Å². The first kappa shape index (κ1) is 7.90. The average Bonchev–Trinajstić information content (AvgIpc) is 2.06. The van der Waals surface area contributed by atoms with Gasteiger partial charge in [-0.1, -0.05) is 0 Å². The second kappa shape index (κ2) is 2.65. The lowest BCUT2D eigenvalue weighted by atomic mass is 10.3. The van der Waals surface area contributed by atoms with E-state index in [4.69, 9.17) is 5.73 Å². The van der Waals surface area contributed by atoms with Gasteiger partial charge in [-0.05, 0) is 6.92 Å². The molecule has 0 spiro atoms. The highest BCUT2D eigenvalue weighted by molar-refractivity contribution is 5.12. The molecule has 1 unspecified atom stereocenters. The maximum atomic E-state index is 11.3. The normalized spacial score (nSPS) is 19.9. The third-order valence-corrected chi connectivity index (χ3v) is 1.75. The van der Waals surface area contributed by atoms with Gasteiger partial charge in [-0.2, -0.15) is 4.98 Å². The number of nitrogen functional groups attached to an aromatic ring is 1. The number of fused-ring (bicyclic) bond motifs is 1. The standard InChI is InChI=1S/C7H9N5O/c1-3-2-9-5-4(10-3)6(13)12-7(8)11-5/h3H,2H2,1H3,(H3,8,9,11,12,13). The van der Waals surface area contributed by atoms with Crippen LogP contribution in [0.15, 0.2) is 14.8 Å². The van der Waals surface area contributed by atoms with Gasteiger partial charge in [0, 0.05) is 0 Å². The Bertz CT molecular complexity index is 503. The molecule has 2 heterocycles. The quantitative estimate of drug-likeness (QED) is 0.481. The zero-order valence-corrected chi connectivity index (χ0v) is 7.11. The molecular formula is C7H9N5O. The molecule has 0 aromatic carbocycles. The summed E-state index contributed by atoms with van der Waals surface area (Å²) >= 11 is 0. The van der Waals surface area contributed by atoms with E-state index in [0.717, 1.165) is 0 Å². The molecule has 1 atom stereocenters. The fraction of sp³-hybridized carbons (Fsp3) is 0.429. The van der Waals surface area contributed by atoms with E-state index in [1.807, 2.05) is 6.92 Å². The second-order valence-electron chi connectivity index (χ2n) is 2.94. The summed E-state index contributed by atoms with van der Waals surface area (Å²) < 4.78 is 0. The van der Waals surface area contributed by atoms with Gasteiger partial charge in [0.15, 0.2) is 10.8 Å². The van der Waals surface area contributed by atoms with Gasteiger partial charge in [0.25, 0.3) is 5.56 Å². The number of nitrogens with zero attached hydrogens (tertiary/aromatic N) is 3. The van der Waals surface area contributed by atoms with Gasteiger partial charge < -0.3 is 5.73 Å². The smallest absolute Gasteiger partial charge is 0.280 e. The maximum absolute atomic E-state index is 11.3. The Labute approximate surface area is 73.3 Å². The van der Waals surface area contributed by atoms with Crippen molar-refractivity contribution in [3.8, 4) is 0 Å². The first-order valence-corrected chi connectivity index (χ1v) is 3.95. The molecule has 0 amide bonds. The van der Waals surface area contributed by atoms with Crippen LogP contribution >= 0.6 is 0 Å². The number of rotatable bonds is 0. The fourth-order valence-electron chi connectivity index (χ4n) is 1.18. The van der Waals surface area contributed by atoms with Crippen LogP contribution in [-0.4, -0.2) is 22.6 Å². The fourth-order valence-corrected chi connectivity index (χ4v) is 1.18. The summed E-state index contributed by atoms with van der Waals surface area (Å²) in [5.41, 5.74) is 5.37. The lowest BCUT2D eigenvalue weighted by molar-refractivity contribution is 0.674. The molecule has 0 radical (unpaired) electrons. The van der Waals surface area contributed by atoms with Crippen LogP contribution in [0.4, 0.5) is 5.95 Å². The van der Waals surface area contributed by atoms with E-state index >= 15 is 0 Å². The maximum Gasteiger partial charge on any atom is 0.280 e. The molecule has 6 nitrogen and oxygen atoms in total. The monoisotopic (exact) mass is 179 g/mol. The molecule has 6 heteroatoms. The van der Waals surface area contributed by atoms with Crippen LogP contribution in [0.1, 0.15) is 6.92 Å². The zero-order chi connectivity index (χ0) is 9.42. The molecule has 1 aromatic rings. The molecule has 0 saturated carbocycles. The predicted molar refractivity (Wildman–Crippen MR) is 45.9 cm³/mol. The Balaban J connectivity index is 2.88. The molecule has 68 valence electrons. The molecule has 13 heavy (non-hydrogen) atoms. The summed E-state index contributed by atoms with van der Waals surface area (Å²) in [6, 6.07) is 0.0408. The van der Waals surface area contributed by atoms with Crippen LogP contribution < -0.4 is 22.1 Å². The highest BCUT2D eigenvalue weighted by Crippen LogP contribution is 1.88. The Morgan fingerprint density at radius 3 is 3.15 bits per heavy atom. The van der Waals surface area contributed by atoms with Gasteiger partial charge in [0.2, 0.25) is 5.95 Å². The van der Waals surface area contributed by atoms with E-state index in [0.29, 0.717) is 12.0 Å². The molecule has 0 bridgehead atoms. The Morgan fingerprint density at radius 1 is 1.62 bits per heavy atom. The SMILES string of the molecule is CC1CN=c2nc(N)[nH]c(=O)c2=N1. The van der Waals surface area contributed by atoms with Crippen molar-refractivity contribution < 1.29 is 0 Å². The first-order chi connectivity index (χ1) is 6.16. The molecule has 0 fully saturated rings. The summed E-state index contributed by atoms with van der Waals surface area (Å²) in [6.45, 7) is 2.45. The predicted octanol–water partition coefficient (Wildman–Crippen LogP) is -2.01. The van der Waals surface area contributed by atoms with Gasteiger partial charge in [-0.25, -0.2) is 0 Å². The van der Waals surface area contributed by atoms with Crippen molar-refractivity contribution in [3.05, 3.63) is 21.2 Å². The van der Waals surface area contributed by atoms with E-state index in [9.17, 15) is 4.79 Å². The highest BCUT2D eigenvalue weighted by atomic mass is 16.1. The Kier molecular flexibility index (Phi) is 1.61. The molecular weight excluding hydrogens is 170 g/mol. The number of nitrogens with two attached hydrogens (primary N) is 1. The van der Waals surface area contributed by atoms with Crippen molar-refractivity contribution in [1.82, 2.24) is 9.97 Å². The Morgan fingerprint density at radius 2 is 2.38 bits per heavy atom. The minimum absolute atomic E-state index is 0.0408. The van der Waals surface area contributed by atoms with Crippen LogP contribution in [0.3, 0.4) is 0 Å². The van der Waals surface area contributed by atoms with Crippen LogP contribution in [0.2, 0.25) is 0 Å². The van der Waals surface area contributed by atoms with Crippen molar-refractivity contribution in [1.29, 1.82) is 0 Å². The van der Waals surface area contributed by atoms with Crippen LogP contribution in [0.5, 0.6) is 0 Å². The van der Waals surface area contributed by atoms with E-state index in [1.54, 1.807) is 0 Å². The molecule has 1 aliphatic rings. The van der Waals surface area contributed by atoms with Crippen LogP contribution in [-0.2, 0) is 0 Å². The van der Waals surface area contributed by atoms with Crippen molar-refractivity contribution >= 4 is 5.95 Å². The van der Waals surface area contributed by atoms with Crippen molar-refractivity contribution in [2.24, 2.45) is 9.98 Å².